The minimum absolute atomic E-state index is 0.899. The van der Waals surface area contributed by atoms with Crippen molar-refractivity contribution in [2.45, 2.75) is 6.92 Å². The predicted octanol–water partition coefficient (Wildman–Crippen LogP) is 1.86. The number of aryl methyl sites for hydroxylation is 2. The second-order valence-corrected chi connectivity index (χ2v) is 3.07. The largest absolute Gasteiger partial charge is 0.331 e. The summed E-state index contributed by atoms with van der Waals surface area (Å²) in [5.74, 6) is 3.62. The van der Waals surface area contributed by atoms with Crippen LogP contribution in [0.5, 0.6) is 0 Å². The first-order valence-corrected chi connectivity index (χ1v) is 4.12. The molecule has 64 valence electrons. The number of rotatable bonds is 0. The maximum atomic E-state index is 5.32. The van der Waals surface area contributed by atoms with Crippen LogP contribution in [0.4, 0.5) is 0 Å². The molecule has 0 radical (unpaired) electrons. The average molecular weight is 170 g/mol. The third kappa shape index (κ3) is 1.09. The normalized spacial score (nSPS) is 10.2. The van der Waals surface area contributed by atoms with Crippen LogP contribution in [0.15, 0.2) is 18.2 Å². The maximum Gasteiger partial charge on any atom is 0.106 e. The SMILES string of the molecule is C#Cc1ccc2nc(C)n(C)c2c1. The van der Waals surface area contributed by atoms with Gasteiger partial charge in [0.15, 0.2) is 0 Å². The molecule has 1 heterocycles. The van der Waals surface area contributed by atoms with Gasteiger partial charge in [0.1, 0.15) is 5.82 Å². The summed E-state index contributed by atoms with van der Waals surface area (Å²) >= 11 is 0. The van der Waals surface area contributed by atoms with Crippen molar-refractivity contribution in [3.05, 3.63) is 29.6 Å². The summed E-state index contributed by atoms with van der Waals surface area (Å²) < 4.78 is 2.04. The average Bonchev–Trinajstić information content (AvgIpc) is 2.43. The van der Waals surface area contributed by atoms with Crippen molar-refractivity contribution >= 4 is 11.0 Å². The summed E-state index contributed by atoms with van der Waals surface area (Å²) in [6.07, 6.45) is 5.32. The molecule has 1 aromatic heterocycles. The molecule has 0 saturated heterocycles. The van der Waals surface area contributed by atoms with Crippen LogP contribution < -0.4 is 0 Å². The number of hydrogen-bond acceptors (Lipinski definition) is 1. The Kier molecular flexibility index (Phi) is 1.60. The Morgan fingerprint density at radius 1 is 1.46 bits per heavy atom. The highest BCUT2D eigenvalue weighted by Crippen LogP contribution is 2.15. The number of benzene rings is 1. The number of nitrogens with zero attached hydrogens (tertiary/aromatic N) is 2. The molecule has 0 amide bonds. The lowest BCUT2D eigenvalue weighted by atomic mass is 10.2. The molecule has 0 fully saturated rings. The minimum atomic E-state index is 0.899. The van der Waals surface area contributed by atoms with Crippen LogP contribution in [0.1, 0.15) is 11.4 Å². The van der Waals surface area contributed by atoms with Gasteiger partial charge in [-0.15, -0.1) is 6.42 Å². The van der Waals surface area contributed by atoms with Gasteiger partial charge in [-0.3, -0.25) is 0 Å². The van der Waals surface area contributed by atoms with Crippen LogP contribution in [0.25, 0.3) is 11.0 Å². The first-order valence-electron chi connectivity index (χ1n) is 4.12. The van der Waals surface area contributed by atoms with Crippen LogP contribution >= 0.6 is 0 Å². The van der Waals surface area contributed by atoms with Crippen LogP contribution in [-0.4, -0.2) is 9.55 Å². The lowest BCUT2D eigenvalue weighted by molar-refractivity contribution is 0.886. The maximum absolute atomic E-state index is 5.32. The summed E-state index contributed by atoms with van der Waals surface area (Å²) in [7, 11) is 1.99. The van der Waals surface area contributed by atoms with E-state index in [4.69, 9.17) is 6.42 Å². The second-order valence-electron chi connectivity index (χ2n) is 3.07. The highest BCUT2D eigenvalue weighted by molar-refractivity contribution is 5.77. The van der Waals surface area contributed by atoms with Gasteiger partial charge in [0.25, 0.3) is 0 Å². The number of terminal acetylenes is 1. The summed E-state index contributed by atoms with van der Waals surface area (Å²) in [4.78, 5) is 4.38. The van der Waals surface area contributed by atoms with E-state index in [9.17, 15) is 0 Å². The highest BCUT2D eigenvalue weighted by Gasteiger charge is 2.03. The molecule has 0 aliphatic rings. The third-order valence-electron chi connectivity index (χ3n) is 2.27. The molecule has 0 spiro atoms. The van der Waals surface area contributed by atoms with Gasteiger partial charge in [-0.05, 0) is 25.1 Å². The van der Waals surface area contributed by atoms with Gasteiger partial charge in [0.05, 0.1) is 11.0 Å². The van der Waals surface area contributed by atoms with Crippen LogP contribution in [0, 0.1) is 19.3 Å². The van der Waals surface area contributed by atoms with Crippen molar-refractivity contribution in [1.82, 2.24) is 9.55 Å². The highest BCUT2D eigenvalue weighted by atomic mass is 15.0. The molecule has 2 nitrogen and oxygen atoms in total. The van der Waals surface area contributed by atoms with E-state index in [2.05, 4.69) is 10.9 Å². The van der Waals surface area contributed by atoms with Gasteiger partial charge in [-0.2, -0.15) is 0 Å². The molecule has 2 heteroatoms. The summed E-state index contributed by atoms with van der Waals surface area (Å²) in [6, 6.07) is 5.85. The van der Waals surface area contributed by atoms with Gasteiger partial charge in [-0.1, -0.05) is 5.92 Å². The van der Waals surface area contributed by atoms with Crippen LogP contribution in [0.2, 0.25) is 0 Å². The molecule has 0 aliphatic heterocycles. The molecular formula is C11H10N2. The Morgan fingerprint density at radius 3 is 2.92 bits per heavy atom. The van der Waals surface area contributed by atoms with E-state index in [1.54, 1.807) is 0 Å². The van der Waals surface area contributed by atoms with Crippen molar-refractivity contribution in [3.63, 3.8) is 0 Å². The summed E-state index contributed by atoms with van der Waals surface area (Å²) in [6.45, 7) is 1.98. The number of fused-ring (bicyclic) bond motifs is 1. The molecule has 0 aliphatic carbocycles. The van der Waals surface area contributed by atoms with Gasteiger partial charge in [0.2, 0.25) is 0 Å². The first kappa shape index (κ1) is 7.88. The van der Waals surface area contributed by atoms with E-state index in [1.165, 1.54) is 0 Å². The quantitative estimate of drug-likeness (QED) is 0.552. The van der Waals surface area contributed by atoms with E-state index in [0.717, 1.165) is 22.4 Å². The topological polar surface area (TPSA) is 17.8 Å². The van der Waals surface area contributed by atoms with Gasteiger partial charge in [0, 0.05) is 12.6 Å². The molecular weight excluding hydrogens is 160 g/mol. The van der Waals surface area contributed by atoms with Gasteiger partial charge in [-0.25, -0.2) is 4.98 Å². The summed E-state index contributed by atoms with van der Waals surface area (Å²) in [5.41, 5.74) is 2.99. The number of aromatic nitrogens is 2. The van der Waals surface area contributed by atoms with Crippen molar-refractivity contribution in [1.29, 1.82) is 0 Å². The molecule has 2 aromatic rings. The fourth-order valence-electron chi connectivity index (χ4n) is 1.40. The Bertz CT molecular complexity index is 501. The summed E-state index contributed by atoms with van der Waals surface area (Å²) in [5, 5.41) is 0. The lowest BCUT2D eigenvalue weighted by Gasteiger charge is -1.96. The van der Waals surface area contributed by atoms with Gasteiger partial charge >= 0.3 is 0 Å². The molecule has 0 atom stereocenters. The standard InChI is InChI=1S/C11H10N2/c1-4-9-5-6-10-11(7-9)13(3)8(2)12-10/h1,5-7H,2-3H3. The Balaban J connectivity index is 2.84. The zero-order valence-electron chi connectivity index (χ0n) is 7.70. The Labute approximate surface area is 77.2 Å². The van der Waals surface area contributed by atoms with E-state index in [1.807, 2.05) is 36.7 Å². The number of imidazole rings is 1. The minimum Gasteiger partial charge on any atom is -0.331 e. The second kappa shape index (κ2) is 2.63. The molecule has 0 unspecified atom stereocenters. The van der Waals surface area contributed by atoms with Crippen molar-refractivity contribution in [3.8, 4) is 12.3 Å². The molecule has 0 N–H and O–H groups in total. The number of hydrogen-bond donors (Lipinski definition) is 0. The van der Waals surface area contributed by atoms with E-state index in [0.29, 0.717) is 0 Å². The zero-order valence-corrected chi connectivity index (χ0v) is 7.70. The Morgan fingerprint density at radius 2 is 2.23 bits per heavy atom. The van der Waals surface area contributed by atoms with E-state index in [-0.39, 0.29) is 0 Å². The fourth-order valence-corrected chi connectivity index (χ4v) is 1.40. The van der Waals surface area contributed by atoms with Crippen molar-refractivity contribution in [2.24, 2.45) is 7.05 Å². The smallest absolute Gasteiger partial charge is 0.106 e. The predicted molar refractivity (Wildman–Crippen MR) is 53.4 cm³/mol. The molecule has 2 rings (SSSR count). The van der Waals surface area contributed by atoms with Crippen LogP contribution in [0.3, 0.4) is 0 Å². The van der Waals surface area contributed by atoms with Crippen LogP contribution in [-0.2, 0) is 7.05 Å². The van der Waals surface area contributed by atoms with E-state index >= 15 is 0 Å². The third-order valence-corrected chi connectivity index (χ3v) is 2.27. The molecule has 1 aromatic carbocycles. The zero-order chi connectivity index (χ0) is 9.42. The Hall–Kier alpha value is -1.75. The van der Waals surface area contributed by atoms with Gasteiger partial charge < -0.3 is 4.57 Å². The van der Waals surface area contributed by atoms with Crippen molar-refractivity contribution in [2.75, 3.05) is 0 Å². The van der Waals surface area contributed by atoms with E-state index < -0.39 is 0 Å². The molecule has 13 heavy (non-hydrogen) atoms. The first-order chi connectivity index (χ1) is 6.22. The van der Waals surface area contributed by atoms with Crippen molar-refractivity contribution < 1.29 is 0 Å². The fraction of sp³-hybridized carbons (Fsp3) is 0.182. The molecule has 0 saturated carbocycles. The molecule has 0 bridgehead atoms. The lowest BCUT2D eigenvalue weighted by Crippen LogP contribution is -1.90. The monoisotopic (exact) mass is 170 g/mol.